The zero-order chi connectivity index (χ0) is 35.1. The van der Waals surface area contributed by atoms with Crippen LogP contribution in [0.5, 0.6) is 0 Å². The molecule has 0 aliphatic carbocycles. The van der Waals surface area contributed by atoms with Crippen molar-refractivity contribution in [3.63, 3.8) is 0 Å². The van der Waals surface area contributed by atoms with Crippen LogP contribution in [0.2, 0.25) is 0 Å². The van der Waals surface area contributed by atoms with Crippen molar-refractivity contribution >= 4 is 32.7 Å². The number of nitrogens with zero attached hydrogens (tertiary/aromatic N) is 3. The van der Waals surface area contributed by atoms with Crippen molar-refractivity contribution in [1.29, 1.82) is 0 Å². The fourth-order valence-electron chi connectivity index (χ4n) is 7.33. The number of aromatic nitrogens is 3. The van der Waals surface area contributed by atoms with Crippen LogP contribution in [0.15, 0.2) is 192 Å². The molecule has 0 aliphatic rings. The molecule has 0 amide bonds. The molecular formula is C49H31N3O. The highest BCUT2D eigenvalue weighted by Crippen LogP contribution is 2.41. The van der Waals surface area contributed by atoms with Gasteiger partial charge in [-0.05, 0) is 74.5 Å². The van der Waals surface area contributed by atoms with Crippen LogP contribution in [0.25, 0.3) is 100 Å². The first-order chi connectivity index (χ1) is 26.2. The first kappa shape index (κ1) is 30.6. The van der Waals surface area contributed by atoms with Gasteiger partial charge in [-0.25, -0.2) is 15.0 Å². The normalized spacial score (nSPS) is 11.4. The first-order valence-corrected chi connectivity index (χ1v) is 17.8. The summed E-state index contributed by atoms with van der Waals surface area (Å²) in [6, 6.07) is 65.1. The lowest BCUT2D eigenvalue weighted by atomic mass is 9.97. The van der Waals surface area contributed by atoms with Gasteiger partial charge < -0.3 is 4.42 Å². The number of rotatable bonds is 6. The van der Waals surface area contributed by atoms with Gasteiger partial charge in [-0.1, -0.05) is 158 Å². The summed E-state index contributed by atoms with van der Waals surface area (Å²) in [7, 11) is 0. The van der Waals surface area contributed by atoms with E-state index < -0.39 is 0 Å². The highest BCUT2D eigenvalue weighted by atomic mass is 16.3. The molecule has 0 aliphatic heterocycles. The maximum absolute atomic E-state index is 6.60. The van der Waals surface area contributed by atoms with Gasteiger partial charge >= 0.3 is 0 Å². The highest BCUT2D eigenvalue weighted by molar-refractivity contribution is 6.22. The summed E-state index contributed by atoms with van der Waals surface area (Å²) in [6.45, 7) is 0. The molecule has 0 atom stereocenters. The largest absolute Gasteiger partial charge is 0.456 e. The number of hydrogen-bond donors (Lipinski definition) is 0. The maximum atomic E-state index is 6.60. The van der Waals surface area contributed by atoms with Crippen LogP contribution in [0, 0.1) is 0 Å². The third kappa shape index (κ3) is 5.63. The minimum absolute atomic E-state index is 0.587. The van der Waals surface area contributed by atoms with Gasteiger partial charge in [-0.15, -0.1) is 0 Å². The summed E-state index contributed by atoms with van der Waals surface area (Å²) in [5.41, 5.74) is 11.1. The molecule has 0 saturated heterocycles. The lowest BCUT2D eigenvalue weighted by Gasteiger charge is -2.12. The van der Waals surface area contributed by atoms with Crippen LogP contribution in [-0.2, 0) is 0 Å². The van der Waals surface area contributed by atoms with E-state index in [2.05, 4.69) is 170 Å². The fourth-order valence-corrected chi connectivity index (χ4v) is 7.33. The molecule has 0 N–H and O–H groups in total. The van der Waals surface area contributed by atoms with Crippen LogP contribution in [0.3, 0.4) is 0 Å². The Kier molecular flexibility index (Phi) is 7.43. The quantitative estimate of drug-likeness (QED) is 0.176. The Bertz CT molecular complexity index is 2830. The van der Waals surface area contributed by atoms with Gasteiger partial charge in [0.15, 0.2) is 17.5 Å². The Balaban J connectivity index is 1.20. The summed E-state index contributed by atoms with van der Waals surface area (Å²) in [5, 5.41) is 4.30. The monoisotopic (exact) mass is 677 g/mol. The van der Waals surface area contributed by atoms with E-state index in [1.807, 2.05) is 18.2 Å². The number of hydrogen-bond acceptors (Lipinski definition) is 4. The molecule has 0 fully saturated rings. The third-order valence-corrected chi connectivity index (χ3v) is 9.92. The Morgan fingerprint density at radius 2 is 0.736 bits per heavy atom. The highest BCUT2D eigenvalue weighted by Gasteiger charge is 2.20. The van der Waals surface area contributed by atoms with E-state index in [0.29, 0.717) is 17.5 Å². The van der Waals surface area contributed by atoms with Crippen LogP contribution in [0.4, 0.5) is 0 Å². The Morgan fingerprint density at radius 1 is 0.283 bits per heavy atom. The molecule has 8 aromatic carbocycles. The number of benzene rings is 8. The van der Waals surface area contributed by atoms with E-state index in [4.69, 9.17) is 19.4 Å². The van der Waals surface area contributed by atoms with Crippen LogP contribution < -0.4 is 0 Å². The fraction of sp³-hybridized carbons (Fsp3) is 0. The Labute approximate surface area is 306 Å². The van der Waals surface area contributed by atoms with Crippen LogP contribution >= 0.6 is 0 Å². The van der Waals surface area contributed by atoms with E-state index in [9.17, 15) is 0 Å². The van der Waals surface area contributed by atoms with E-state index >= 15 is 0 Å². The summed E-state index contributed by atoms with van der Waals surface area (Å²) in [5.74, 6) is 1.80. The molecule has 2 aromatic heterocycles. The van der Waals surface area contributed by atoms with Crippen LogP contribution in [-0.4, -0.2) is 15.0 Å². The van der Waals surface area contributed by atoms with Crippen molar-refractivity contribution in [3.05, 3.63) is 188 Å². The number of furan rings is 1. The summed E-state index contributed by atoms with van der Waals surface area (Å²) in [6.07, 6.45) is 0. The molecule has 10 aromatic rings. The van der Waals surface area contributed by atoms with Gasteiger partial charge in [0.2, 0.25) is 0 Å². The second-order valence-electron chi connectivity index (χ2n) is 13.2. The molecule has 0 spiro atoms. The SMILES string of the molecule is c1ccc(-c2cccc(-c3nc(-c4cccc(-c5ccccc5)c4)nc(-c4cc5oc6ccc(-c7ccccc7)cc6c5c5ccccc45)n3)c2)cc1. The van der Waals surface area contributed by atoms with Crippen LogP contribution in [0.1, 0.15) is 0 Å². The molecule has 2 heterocycles. The topological polar surface area (TPSA) is 51.8 Å². The average molecular weight is 678 g/mol. The predicted octanol–water partition coefficient (Wildman–Crippen LogP) is 12.9. The molecule has 0 unspecified atom stereocenters. The summed E-state index contributed by atoms with van der Waals surface area (Å²) >= 11 is 0. The second kappa shape index (κ2) is 12.9. The molecule has 4 heteroatoms. The van der Waals surface area contributed by atoms with Gasteiger partial charge in [0, 0.05) is 27.5 Å². The van der Waals surface area contributed by atoms with Crippen molar-refractivity contribution in [3.8, 4) is 67.5 Å². The second-order valence-corrected chi connectivity index (χ2v) is 13.2. The molecular weight excluding hydrogens is 647 g/mol. The zero-order valence-electron chi connectivity index (χ0n) is 28.6. The van der Waals surface area contributed by atoms with Crippen molar-refractivity contribution in [1.82, 2.24) is 15.0 Å². The molecule has 4 nitrogen and oxygen atoms in total. The molecule has 0 radical (unpaired) electrons. The van der Waals surface area contributed by atoms with E-state index in [1.54, 1.807) is 0 Å². The molecule has 0 bridgehead atoms. The Hall–Kier alpha value is -7.17. The van der Waals surface area contributed by atoms with Gasteiger partial charge in [0.1, 0.15) is 11.2 Å². The minimum atomic E-state index is 0.587. The van der Waals surface area contributed by atoms with Gasteiger partial charge in [-0.3, -0.25) is 0 Å². The standard InChI is InChI=1S/C49H31N3O/c1-4-14-32(15-5-1)35-20-12-22-38(28-35)47-50-48(39-23-13-21-36(29-39)33-16-6-2-7-17-33)52-49(51-47)42-31-45-46(41-25-11-10-24-40(41)42)43-30-37(26-27-44(43)53-45)34-18-8-3-9-19-34/h1-31H. The van der Waals surface area contributed by atoms with Crippen molar-refractivity contribution in [2.24, 2.45) is 0 Å². The summed E-state index contributed by atoms with van der Waals surface area (Å²) in [4.78, 5) is 15.6. The van der Waals surface area contributed by atoms with E-state index in [1.165, 1.54) is 5.56 Å². The van der Waals surface area contributed by atoms with E-state index in [-0.39, 0.29) is 0 Å². The van der Waals surface area contributed by atoms with Gasteiger partial charge in [-0.2, -0.15) is 0 Å². The third-order valence-electron chi connectivity index (χ3n) is 9.92. The maximum Gasteiger partial charge on any atom is 0.164 e. The molecule has 0 saturated carbocycles. The van der Waals surface area contributed by atoms with Crippen molar-refractivity contribution < 1.29 is 4.42 Å². The van der Waals surface area contributed by atoms with E-state index in [0.717, 1.165) is 77.2 Å². The molecule has 248 valence electrons. The van der Waals surface area contributed by atoms with Gasteiger partial charge in [0.25, 0.3) is 0 Å². The molecule has 53 heavy (non-hydrogen) atoms. The predicted molar refractivity (Wildman–Crippen MR) is 217 cm³/mol. The average Bonchev–Trinajstić information content (AvgIpc) is 3.62. The minimum Gasteiger partial charge on any atom is -0.456 e. The van der Waals surface area contributed by atoms with Crippen molar-refractivity contribution in [2.75, 3.05) is 0 Å². The summed E-state index contributed by atoms with van der Waals surface area (Å²) < 4.78 is 6.60. The first-order valence-electron chi connectivity index (χ1n) is 17.8. The lowest BCUT2D eigenvalue weighted by molar-refractivity contribution is 0.669. The van der Waals surface area contributed by atoms with Gasteiger partial charge in [0.05, 0.1) is 0 Å². The zero-order valence-corrected chi connectivity index (χ0v) is 28.6. The lowest BCUT2D eigenvalue weighted by Crippen LogP contribution is -2.01. The smallest absolute Gasteiger partial charge is 0.164 e. The number of fused-ring (bicyclic) bond motifs is 5. The van der Waals surface area contributed by atoms with Crippen molar-refractivity contribution in [2.45, 2.75) is 0 Å². The Morgan fingerprint density at radius 3 is 1.30 bits per heavy atom. The molecule has 10 rings (SSSR count).